The minimum Gasteiger partial charge on any atom is -0.334 e. The van der Waals surface area contributed by atoms with Crippen LogP contribution in [0.1, 0.15) is 173 Å². The van der Waals surface area contributed by atoms with Crippen LogP contribution < -0.4 is 0 Å². The summed E-state index contributed by atoms with van der Waals surface area (Å²) in [6.07, 6.45) is 39.8. The summed E-state index contributed by atoms with van der Waals surface area (Å²) in [5.74, 6) is 0.694. The fourth-order valence-corrected chi connectivity index (χ4v) is 6.35. The van der Waals surface area contributed by atoms with Crippen molar-refractivity contribution in [3.63, 3.8) is 0 Å². The van der Waals surface area contributed by atoms with Crippen LogP contribution in [0, 0.1) is 5.92 Å². The lowest BCUT2D eigenvalue weighted by atomic mass is 9.84. The first-order valence-electron chi connectivity index (χ1n) is 17.4. The Balaban J connectivity index is 1.72. The Morgan fingerprint density at radius 1 is 0.564 bits per heavy atom. The molecule has 0 amide bonds. The number of hydrogen-bond donors (Lipinski definition) is 0. The molecule has 0 aliphatic rings. The lowest BCUT2D eigenvalue weighted by Crippen LogP contribution is -2.21. The van der Waals surface area contributed by atoms with Gasteiger partial charge in [-0.1, -0.05) is 179 Å². The predicted octanol–water partition coefficient (Wildman–Crippen LogP) is 12.3. The van der Waals surface area contributed by atoms with Gasteiger partial charge in [-0.15, -0.1) is 0 Å². The monoisotopic (exact) mass is 537 g/mol. The van der Waals surface area contributed by atoms with Crippen molar-refractivity contribution >= 4 is 0 Å². The van der Waals surface area contributed by atoms with Crippen LogP contribution >= 0.6 is 0 Å². The molecule has 0 N–H and O–H groups in total. The number of nitrogens with zero attached hydrogens (tertiary/aromatic N) is 2. The normalized spacial score (nSPS) is 13.1. The van der Waals surface area contributed by atoms with Gasteiger partial charge in [0.2, 0.25) is 0 Å². The SMILES string of the molecule is CCCCCCCCCCCCCCCCC(Cc1ccccc1)C(CCCCCCCCC)n1ccnc1. The molecule has 0 bridgehead atoms. The molecule has 222 valence electrons. The molecule has 39 heavy (non-hydrogen) atoms. The summed E-state index contributed by atoms with van der Waals surface area (Å²) in [6.45, 7) is 4.61. The first-order valence-corrected chi connectivity index (χ1v) is 17.4. The molecule has 1 heterocycles. The van der Waals surface area contributed by atoms with E-state index in [2.05, 4.69) is 66.3 Å². The second-order valence-corrected chi connectivity index (χ2v) is 12.3. The average Bonchev–Trinajstić information content (AvgIpc) is 3.49. The standard InChI is InChI=1S/C37H64N2/c1-3-5-7-9-11-12-13-14-15-16-17-19-20-25-29-36(33-35-27-23-22-24-28-35)37(39-32-31-38-34-39)30-26-21-18-10-8-6-4-2/h22-24,27-28,31-32,34,36-37H,3-21,25-26,29-30,33H2,1-2H3. The largest absolute Gasteiger partial charge is 0.334 e. The topological polar surface area (TPSA) is 17.8 Å². The first kappa shape index (κ1) is 33.6. The predicted molar refractivity (Wildman–Crippen MR) is 172 cm³/mol. The third-order valence-corrected chi connectivity index (χ3v) is 8.82. The molecule has 2 rings (SSSR count). The van der Waals surface area contributed by atoms with E-state index in [1.807, 2.05) is 6.20 Å². The van der Waals surface area contributed by atoms with E-state index in [-0.39, 0.29) is 0 Å². The Bertz CT molecular complexity index is 738. The molecule has 0 saturated carbocycles. The van der Waals surface area contributed by atoms with Crippen LogP contribution in [0.2, 0.25) is 0 Å². The highest BCUT2D eigenvalue weighted by atomic mass is 15.1. The van der Waals surface area contributed by atoms with Gasteiger partial charge in [0.25, 0.3) is 0 Å². The Kier molecular flexibility index (Phi) is 20.9. The molecule has 0 saturated heterocycles. The number of rotatable bonds is 27. The smallest absolute Gasteiger partial charge is 0.0948 e. The third kappa shape index (κ3) is 17.0. The van der Waals surface area contributed by atoms with Crippen molar-refractivity contribution in [3.8, 4) is 0 Å². The van der Waals surface area contributed by atoms with E-state index in [1.165, 1.54) is 160 Å². The molecule has 1 aromatic heterocycles. The van der Waals surface area contributed by atoms with Crippen LogP contribution in [0.25, 0.3) is 0 Å². The zero-order valence-corrected chi connectivity index (χ0v) is 26.1. The molecule has 0 aliphatic carbocycles. The number of unbranched alkanes of at least 4 members (excludes halogenated alkanes) is 19. The highest BCUT2D eigenvalue weighted by Crippen LogP contribution is 2.32. The summed E-state index contributed by atoms with van der Waals surface area (Å²) in [6, 6.07) is 11.8. The quantitative estimate of drug-likeness (QED) is 0.104. The van der Waals surface area contributed by atoms with Gasteiger partial charge in [0.05, 0.1) is 6.33 Å². The molecule has 2 atom stereocenters. The maximum absolute atomic E-state index is 4.45. The lowest BCUT2D eigenvalue weighted by Gasteiger charge is -2.29. The van der Waals surface area contributed by atoms with Gasteiger partial charge in [0.1, 0.15) is 0 Å². The molecular formula is C37H64N2. The second-order valence-electron chi connectivity index (χ2n) is 12.3. The summed E-state index contributed by atoms with van der Waals surface area (Å²) in [5.41, 5.74) is 1.50. The van der Waals surface area contributed by atoms with Crippen LogP contribution in [0.15, 0.2) is 49.1 Å². The van der Waals surface area contributed by atoms with Crippen molar-refractivity contribution < 1.29 is 0 Å². The van der Waals surface area contributed by atoms with Crippen molar-refractivity contribution in [1.82, 2.24) is 9.55 Å². The molecule has 0 radical (unpaired) electrons. The molecule has 1 aromatic carbocycles. The fraction of sp³-hybridized carbons (Fsp3) is 0.757. The van der Waals surface area contributed by atoms with Gasteiger partial charge in [-0.05, 0) is 30.7 Å². The van der Waals surface area contributed by atoms with E-state index in [0.29, 0.717) is 12.0 Å². The van der Waals surface area contributed by atoms with Crippen LogP contribution in [0.3, 0.4) is 0 Å². The van der Waals surface area contributed by atoms with E-state index < -0.39 is 0 Å². The van der Waals surface area contributed by atoms with E-state index in [4.69, 9.17) is 0 Å². The van der Waals surface area contributed by atoms with Gasteiger partial charge in [-0.25, -0.2) is 4.98 Å². The first-order chi connectivity index (χ1) is 19.3. The minimum atomic E-state index is 0.574. The lowest BCUT2D eigenvalue weighted by molar-refractivity contribution is 0.275. The highest BCUT2D eigenvalue weighted by molar-refractivity contribution is 5.15. The van der Waals surface area contributed by atoms with Crippen LogP contribution in [-0.4, -0.2) is 9.55 Å². The van der Waals surface area contributed by atoms with Crippen molar-refractivity contribution in [2.75, 3.05) is 0 Å². The van der Waals surface area contributed by atoms with E-state index in [9.17, 15) is 0 Å². The molecule has 2 unspecified atom stereocenters. The zero-order chi connectivity index (χ0) is 27.6. The number of aromatic nitrogens is 2. The molecule has 0 aliphatic heterocycles. The molecule has 0 fully saturated rings. The second kappa shape index (κ2) is 24.2. The minimum absolute atomic E-state index is 0.574. The van der Waals surface area contributed by atoms with Gasteiger partial charge in [-0.2, -0.15) is 0 Å². The Hall–Kier alpha value is -1.57. The van der Waals surface area contributed by atoms with Gasteiger partial charge >= 0.3 is 0 Å². The maximum Gasteiger partial charge on any atom is 0.0948 e. The van der Waals surface area contributed by atoms with Gasteiger partial charge in [0, 0.05) is 18.4 Å². The molecule has 2 aromatic rings. The van der Waals surface area contributed by atoms with E-state index in [1.54, 1.807) is 0 Å². The van der Waals surface area contributed by atoms with E-state index in [0.717, 1.165) is 0 Å². The third-order valence-electron chi connectivity index (χ3n) is 8.82. The Morgan fingerprint density at radius 2 is 1.03 bits per heavy atom. The van der Waals surface area contributed by atoms with Crippen LogP contribution in [0.5, 0.6) is 0 Å². The number of benzene rings is 1. The zero-order valence-electron chi connectivity index (χ0n) is 26.1. The van der Waals surface area contributed by atoms with Gasteiger partial charge < -0.3 is 4.57 Å². The molecule has 2 heteroatoms. The Labute approximate surface area is 243 Å². The molecule has 2 nitrogen and oxygen atoms in total. The fourth-order valence-electron chi connectivity index (χ4n) is 6.35. The summed E-state index contributed by atoms with van der Waals surface area (Å²) < 4.78 is 2.44. The highest BCUT2D eigenvalue weighted by Gasteiger charge is 2.23. The molecule has 0 spiro atoms. The average molecular weight is 537 g/mol. The summed E-state index contributed by atoms with van der Waals surface area (Å²) in [4.78, 5) is 4.45. The summed E-state index contributed by atoms with van der Waals surface area (Å²) in [7, 11) is 0. The number of imidazole rings is 1. The van der Waals surface area contributed by atoms with Gasteiger partial charge in [0.15, 0.2) is 0 Å². The summed E-state index contributed by atoms with van der Waals surface area (Å²) >= 11 is 0. The van der Waals surface area contributed by atoms with Crippen LogP contribution in [-0.2, 0) is 6.42 Å². The van der Waals surface area contributed by atoms with E-state index >= 15 is 0 Å². The van der Waals surface area contributed by atoms with Crippen molar-refractivity contribution in [3.05, 3.63) is 54.6 Å². The maximum atomic E-state index is 4.45. The van der Waals surface area contributed by atoms with Crippen molar-refractivity contribution in [1.29, 1.82) is 0 Å². The number of hydrogen-bond acceptors (Lipinski definition) is 1. The van der Waals surface area contributed by atoms with Crippen LogP contribution in [0.4, 0.5) is 0 Å². The Morgan fingerprint density at radius 3 is 1.49 bits per heavy atom. The van der Waals surface area contributed by atoms with Gasteiger partial charge in [-0.3, -0.25) is 0 Å². The van der Waals surface area contributed by atoms with Crippen molar-refractivity contribution in [2.24, 2.45) is 5.92 Å². The van der Waals surface area contributed by atoms with Crippen molar-refractivity contribution in [2.45, 2.75) is 174 Å². The summed E-state index contributed by atoms with van der Waals surface area (Å²) in [5, 5.41) is 0. The molecular weight excluding hydrogens is 472 g/mol.